The number of benzene rings is 1. The van der Waals surface area contributed by atoms with E-state index >= 15 is 0 Å². The summed E-state index contributed by atoms with van der Waals surface area (Å²) in [6.45, 7) is 17.1. The van der Waals surface area contributed by atoms with Crippen molar-refractivity contribution in [2.75, 3.05) is 7.11 Å². The summed E-state index contributed by atoms with van der Waals surface area (Å²) >= 11 is 6.79. The maximum absolute atomic E-state index is 13.1. The number of esters is 1. The fourth-order valence-corrected chi connectivity index (χ4v) is 5.30. The molecule has 1 aromatic carbocycles. The predicted octanol–water partition coefficient (Wildman–Crippen LogP) is 6.74. The SMILES string of the molecule is C=C(CCC(=O)OC)N1C=C(C(C)C)[C@](C)(c2ccc([C@@H]3CC3C(C)(C)C)c(Cl)c2)NC1=O. The van der Waals surface area contributed by atoms with Crippen LogP contribution in [0.15, 0.2) is 42.2 Å². The van der Waals surface area contributed by atoms with E-state index in [0.717, 1.165) is 22.6 Å². The number of rotatable bonds is 7. The number of carbonyl (C=O) groups is 2. The molecule has 6 heteroatoms. The van der Waals surface area contributed by atoms with Crippen molar-refractivity contribution in [2.45, 2.75) is 72.3 Å². The van der Waals surface area contributed by atoms with Gasteiger partial charge >= 0.3 is 12.0 Å². The van der Waals surface area contributed by atoms with Crippen LogP contribution in [0.5, 0.6) is 0 Å². The number of methoxy groups -OCH3 is 1. The summed E-state index contributed by atoms with van der Waals surface area (Å²) in [6, 6.07) is 5.96. The summed E-state index contributed by atoms with van der Waals surface area (Å²) in [6.07, 6.45) is 3.54. The molecule has 0 spiro atoms. The van der Waals surface area contributed by atoms with Crippen molar-refractivity contribution in [3.63, 3.8) is 0 Å². The Morgan fingerprint density at radius 2 is 2.00 bits per heavy atom. The molecule has 5 nitrogen and oxygen atoms in total. The summed E-state index contributed by atoms with van der Waals surface area (Å²) < 4.78 is 4.71. The zero-order valence-corrected chi connectivity index (χ0v) is 21.7. The highest BCUT2D eigenvalue weighted by atomic mass is 35.5. The van der Waals surface area contributed by atoms with Gasteiger partial charge in [0.2, 0.25) is 0 Å². The minimum Gasteiger partial charge on any atom is -0.469 e. The maximum atomic E-state index is 13.1. The molecule has 1 aliphatic heterocycles. The van der Waals surface area contributed by atoms with E-state index in [-0.39, 0.29) is 29.8 Å². The average molecular weight is 473 g/mol. The number of urea groups is 1. The van der Waals surface area contributed by atoms with Gasteiger partial charge in [0.25, 0.3) is 0 Å². The van der Waals surface area contributed by atoms with Crippen LogP contribution in [0, 0.1) is 17.3 Å². The van der Waals surface area contributed by atoms with E-state index in [4.69, 9.17) is 16.3 Å². The molecule has 3 atom stereocenters. The second-order valence-electron chi connectivity index (χ2n) is 10.9. The van der Waals surface area contributed by atoms with Crippen LogP contribution in [0.1, 0.15) is 77.8 Å². The number of halogens is 1. The van der Waals surface area contributed by atoms with Crippen LogP contribution in [-0.2, 0) is 15.1 Å². The first-order valence-corrected chi connectivity index (χ1v) is 12.1. The molecule has 0 bridgehead atoms. The predicted molar refractivity (Wildman–Crippen MR) is 133 cm³/mol. The molecule has 3 rings (SSSR count). The fraction of sp³-hybridized carbons (Fsp3) is 0.556. The van der Waals surface area contributed by atoms with Crippen LogP contribution in [0.3, 0.4) is 0 Å². The third kappa shape index (κ3) is 5.13. The van der Waals surface area contributed by atoms with Gasteiger partial charge in [0.1, 0.15) is 0 Å². The van der Waals surface area contributed by atoms with Gasteiger partial charge in [0, 0.05) is 16.9 Å². The maximum Gasteiger partial charge on any atom is 0.326 e. The van der Waals surface area contributed by atoms with Gasteiger partial charge in [0.05, 0.1) is 19.1 Å². The first kappa shape index (κ1) is 25.4. The third-order valence-electron chi connectivity index (χ3n) is 7.11. The number of nitrogens with zero attached hydrogens (tertiary/aromatic N) is 1. The van der Waals surface area contributed by atoms with Crippen LogP contribution >= 0.6 is 11.6 Å². The Labute approximate surface area is 203 Å². The first-order valence-electron chi connectivity index (χ1n) is 11.7. The van der Waals surface area contributed by atoms with Gasteiger partial charge in [-0.25, -0.2) is 4.79 Å². The number of amides is 2. The van der Waals surface area contributed by atoms with Crippen molar-refractivity contribution < 1.29 is 14.3 Å². The zero-order valence-electron chi connectivity index (χ0n) is 20.9. The Balaban J connectivity index is 1.89. The van der Waals surface area contributed by atoms with Crippen molar-refractivity contribution in [3.05, 3.63) is 58.4 Å². The quantitative estimate of drug-likeness (QED) is 0.447. The number of allylic oxidation sites excluding steroid dienone is 1. The largest absolute Gasteiger partial charge is 0.469 e. The highest BCUT2D eigenvalue weighted by Gasteiger charge is 2.47. The number of hydrogen-bond acceptors (Lipinski definition) is 3. The van der Waals surface area contributed by atoms with Crippen molar-refractivity contribution >= 4 is 23.6 Å². The van der Waals surface area contributed by atoms with E-state index in [9.17, 15) is 9.59 Å². The molecule has 1 unspecified atom stereocenters. The van der Waals surface area contributed by atoms with Crippen molar-refractivity contribution in [1.82, 2.24) is 10.2 Å². The van der Waals surface area contributed by atoms with Gasteiger partial charge in [-0.2, -0.15) is 0 Å². The minimum atomic E-state index is -0.695. The molecule has 0 saturated heterocycles. The van der Waals surface area contributed by atoms with Gasteiger partial charge in [0.15, 0.2) is 0 Å². The number of nitrogens with one attached hydrogen (secondary N) is 1. The number of carbonyl (C=O) groups excluding carboxylic acids is 2. The van der Waals surface area contributed by atoms with E-state index in [2.05, 4.69) is 58.6 Å². The molecule has 1 N–H and O–H groups in total. The standard InChI is InChI=1S/C27H37ClN2O3/c1-16(2)22-15-30(17(3)9-12-24(31)33-8)25(32)29-27(22,7)18-10-11-19(23(28)13-18)20-14-21(20)26(4,5)6/h10-11,13,15-16,20-21H,3,9,12,14H2,1-2,4-8H3,(H,29,32)/t20-,21?,27-/m0/s1. The van der Waals surface area contributed by atoms with Crippen LogP contribution in [-0.4, -0.2) is 24.0 Å². The van der Waals surface area contributed by atoms with E-state index in [1.165, 1.54) is 17.6 Å². The van der Waals surface area contributed by atoms with Crippen molar-refractivity contribution in [2.24, 2.45) is 17.3 Å². The molecule has 33 heavy (non-hydrogen) atoms. The minimum absolute atomic E-state index is 0.165. The molecular weight excluding hydrogens is 436 g/mol. The number of ether oxygens (including phenoxy) is 1. The average Bonchev–Trinajstić information content (AvgIpc) is 3.52. The van der Waals surface area contributed by atoms with Crippen molar-refractivity contribution in [1.29, 1.82) is 0 Å². The molecule has 1 heterocycles. The summed E-state index contributed by atoms with van der Waals surface area (Å²) in [5.74, 6) is 0.972. The highest BCUT2D eigenvalue weighted by molar-refractivity contribution is 6.31. The van der Waals surface area contributed by atoms with E-state index < -0.39 is 5.54 Å². The smallest absolute Gasteiger partial charge is 0.326 e. The molecule has 2 amide bonds. The molecule has 0 radical (unpaired) electrons. The molecular formula is C27H37ClN2O3. The number of hydrogen-bond donors (Lipinski definition) is 1. The molecule has 2 aliphatic rings. The first-order chi connectivity index (χ1) is 15.3. The Bertz CT molecular complexity index is 992. The van der Waals surface area contributed by atoms with Crippen molar-refractivity contribution in [3.8, 4) is 0 Å². The van der Waals surface area contributed by atoms with Gasteiger partial charge in [-0.15, -0.1) is 0 Å². The lowest BCUT2D eigenvalue weighted by Gasteiger charge is -2.42. The topological polar surface area (TPSA) is 58.6 Å². The fourth-order valence-electron chi connectivity index (χ4n) is 4.98. The van der Waals surface area contributed by atoms with E-state index in [1.807, 2.05) is 19.2 Å². The molecule has 1 saturated carbocycles. The van der Waals surface area contributed by atoms with Crippen LogP contribution < -0.4 is 5.32 Å². The van der Waals surface area contributed by atoms with E-state index in [1.54, 1.807) is 0 Å². The van der Waals surface area contributed by atoms with Crippen LogP contribution in [0.2, 0.25) is 5.02 Å². The second kappa shape index (κ2) is 9.17. The summed E-state index contributed by atoms with van der Waals surface area (Å²) in [4.78, 5) is 26.1. The zero-order chi connectivity index (χ0) is 24.7. The van der Waals surface area contributed by atoms with Crippen LogP contribution in [0.25, 0.3) is 0 Å². The Hall–Kier alpha value is -2.27. The Kier molecular flexibility index (Phi) is 7.05. The van der Waals surface area contributed by atoms with Gasteiger partial charge < -0.3 is 10.1 Å². The Morgan fingerprint density at radius 3 is 2.52 bits per heavy atom. The van der Waals surface area contributed by atoms with Gasteiger partial charge in [-0.1, -0.05) is 64.9 Å². The summed E-state index contributed by atoms with van der Waals surface area (Å²) in [5, 5.41) is 3.94. The van der Waals surface area contributed by atoms with E-state index in [0.29, 0.717) is 24.0 Å². The van der Waals surface area contributed by atoms with Gasteiger partial charge in [-0.3, -0.25) is 9.69 Å². The highest BCUT2D eigenvalue weighted by Crippen LogP contribution is 2.58. The molecule has 1 aliphatic carbocycles. The van der Waals surface area contributed by atoms with Crippen LogP contribution in [0.4, 0.5) is 4.79 Å². The monoisotopic (exact) mass is 472 g/mol. The lowest BCUT2D eigenvalue weighted by molar-refractivity contribution is -0.140. The van der Waals surface area contributed by atoms with Gasteiger partial charge in [-0.05, 0) is 65.7 Å². The third-order valence-corrected chi connectivity index (χ3v) is 7.44. The normalized spacial score (nSPS) is 24.9. The molecule has 0 aromatic heterocycles. The Morgan fingerprint density at radius 1 is 1.33 bits per heavy atom. The second-order valence-corrected chi connectivity index (χ2v) is 11.3. The summed E-state index contributed by atoms with van der Waals surface area (Å²) in [7, 11) is 1.35. The molecule has 1 aromatic rings. The lowest BCUT2D eigenvalue weighted by Crippen LogP contribution is -2.54. The summed E-state index contributed by atoms with van der Waals surface area (Å²) in [5.41, 5.74) is 3.32. The molecule has 180 valence electrons. The lowest BCUT2D eigenvalue weighted by atomic mass is 9.78. The molecule has 1 fully saturated rings.